The first kappa shape index (κ1) is 13.8. The summed E-state index contributed by atoms with van der Waals surface area (Å²) in [5, 5.41) is 12.4. The molecule has 104 valence electrons. The zero-order chi connectivity index (χ0) is 13.0. The zero-order valence-corrected chi connectivity index (χ0v) is 11.1. The van der Waals surface area contributed by atoms with Crippen molar-refractivity contribution < 1.29 is 14.6 Å². The molecule has 0 bridgehead atoms. The Labute approximate surface area is 108 Å². The molecule has 1 amide bonds. The van der Waals surface area contributed by atoms with Crippen molar-refractivity contribution in [3.05, 3.63) is 0 Å². The number of carbonyl (C=O) groups is 1. The fourth-order valence-electron chi connectivity index (χ4n) is 3.02. The van der Waals surface area contributed by atoms with Crippen molar-refractivity contribution in [3.8, 4) is 0 Å². The van der Waals surface area contributed by atoms with E-state index in [0.717, 1.165) is 25.8 Å². The lowest BCUT2D eigenvalue weighted by Gasteiger charge is -2.22. The topological polar surface area (TPSA) is 61.8 Å². The van der Waals surface area contributed by atoms with E-state index in [1.165, 1.54) is 12.8 Å². The molecule has 0 unspecified atom stereocenters. The largest absolute Gasteiger partial charge is 0.395 e. The van der Waals surface area contributed by atoms with Crippen molar-refractivity contribution in [2.75, 3.05) is 26.8 Å². The second kappa shape index (κ2) is 6.50. The minimum absolute atomic E-state index is 0.0595. The van der Waals surface area contributed by atoms with Crippen LogP contribution in [-0.4, -0.2) is 60.9 Å². The maximum atomic E-state index is 11.9. The van der Waals surface area contributed by atoms with Gasteiger partial charge in [0.25, 0.3) is 0 Å². The first-order valence-electron chi connectivity index (χ1n) is 6.90. The highest BCUT2D eigenvalue weighted by atomic mass is 16.5. The molecule has 2 aliphatic rings. The fourth-order valence-corrected chi connectivity index (χ4v) is 3.02. The van der Waals surface area contributed by atoms with Gasteiger partial charge in [0.2, 0.25) is 5.91 Å². The minimum atomic E-state index is 0.0595. The number of ether oxygens (including phenoxy) is 1. The first-order valence-corrected chi connectivity index (χ1v) is 6.90. The van der Waals surface area contributed by atoms with Gasteiger partial charge in [0, 0.05) is 25.7 Å². The van der Waals surface area contributed by atoms with E-state index in [4.69, 9.17) is 4.74 Å². The molecule has 2 fully saturated rings. The van der Waals surface area contributed by atoms with Crippen molar-refractivity contribution in [1.29, 1.82) is 0 Å². The van der Waals surface area contributed by atoms with Gasteiger partial charge in [-0.3, -0.25) is 9.69 Å². The van der Waals surface area contributed by atoms with Crippen molar-refractivity contribution >= 4 is 5.91 Å². The summed E-state index contributed by atoms with van der Waals surface area (Å²) < 4.78 is 5.30. The van der Waals surface area contributed by atoms with Crippen LogP contribution in [0.15, 0.2) is 0 Å². The molecule has 1 saturated carbocycles. The van der Waals surface area contributed by atoms with Gasteiger partial charge in [0.05, 0.1) is 19.3 Å². The number of aliphatic hydroxyl groups excluding tert-OH is 1. The molecule has 18 heavy (non-hydrogen) atoms. The van der Waals surface area contributed by atoms with Crippen LogP contribution in [0.3, 0.4) is 0 Å². The van der Waals surface area contributed by atoms with Gasteiger partial charge >= 0.3 is 0 Å². The van der Waals surface area contributed by atoms with Crippen LogP contribution in [0.25, 0.3) is 0 Å². The van der Waals surface area contributed by atoms with Gasteiger partial charge in [-0.2, -0.15) is 0 Å². The summed E-state index contributed by atoms with van der Waals surface area (Å²) in [5.41, 5.74) is 0. The van der Waals surface area contributed by atoms with Gasteiger partial charge in [-0.25, -0.2) is 0 Å². The Hall–Kier alpha value is -0.650. The monoisotopic (exact) mass is 256 g/mol. The molecule has 2 rings (SSSR count). The van der Waals surface area contributed by atoms with Crippen LogP contribution in [0.1, 0.15) is 32.1 Å². The third kappa shape index (κ3) is 3.43. The molecule has 1 saturated heterocycles. The Bertz CT molecular complexity index is 279. The van der Waals surface area contributed by atoms with E-state index in [1.54, 1.807) is 7.11 Å². The number of methoxy groups -OCH3 is 1. The van der Waals surface area contributed by atoms with Crippen molar-refractivity contribution in [3.63, 3.8) is 0 Å². The average molecular weight is 256 g/mol. The minimum Gasteiger partial charge on any atom is -0.395 e. The number of amides is 1. The van der Waals surface area contributed by atoms with E-state index >= 15 is 0 Å². The summed E-state index contributed by atoms with van der Waals surface area (Å²) in [4.78, 5) is 14.0. The normalized spacial score (nSPS) is 29.9. The van der Waals surface area contributed by atoms with Crippen LogP contribution >= 0.6 is 0 Å². The molecule has 0 spiro atoms. The first-order chi connectivity index (χ1) is 8.72. The zero-order valence-electron chi connectivity index (χ0n) is 11.1. The van der Waals surface area contributed by atoms with Gasteiger partial charge in [-0.15, -0.1) is 0 Å². The fraction of sp³-hybridized carbons (Fsp3) is 0.923. The summed E-state index contributed by atoms with van der Waals surface area (Å²) in [7, 11) is 1.68. The molecule has 0 aromatic rings. The lowest BCUT2D eigenvalue weighted by molar-refractivity contribution is -0.123. The Morgan fingerprint density at radius 2 is 2.17 bits per heavy atom. The van der Waals surface area contributed by atoms with Crippen LogP contribution in [0, 0.1) is 0 Å². The number of aliphatic hydroxyl groups is 1. The van der Waals surface area contributed by atoms with Gasteiger partial charge in [-0.05, 0) is 19.3 Å². The summed E-state index contributed by atoms with van der Waals surface area (Å²) in [5.74, 6) is 0.0807. The predicted octanol–water partition coefficient (Wildman–Crippen LogP) is 0.127. The summed E-state index contributed by atoms with van der Waals surface area (Å²) in [6, 6.07) is 0.426. The van der Waals surface area contributed by atoms with Gasteiger partial charge < -0.3 is 15.2 Å². The van der Waals surface area contributed by atoms with Crippen LogP contribution < -0.4 is 5.32 Å². The van der Waals surface area contributed by atoms with Crippen molar-refractivity contribution in [2.24, 2.45) is 0 Å². The van der Waals surface area contributed by atoms with Crippen molar-refractivity contribution in [2.45, 2.75) is 50.3 Å². The van der Waals surface area contributed by atoms with E-state index in [0.29, 0.717) is 12.6 Å². The van der Waals surface area contributed by atoms with E-state index in [9.17, 15) is 9.90 Å². The highest BCUT2D eigenvalue weighted by molar-refractivity contribution is 5.78. The maximum absolute atomic E-state index is 11.9. The molecule has 2 atom stereocenters. The Balaban J connectivity index is 1.78. The number of nitrogens with zero attached hydrogens (tertiary/aromatic N) is 1. The molecule has 1 aliphatic carbocycles. The van der Waals surface area contributed by atoms with Crippen LogP contribution in [0.5, 0.6) is 0 Å². The number of nitrogens with one attached hydrogen (secondary N) is 1. The number of carbonyl (C=O) groups excluding carboxylic acids is 1. The Kier molecular flexibility index (Phi) is 4.97. The number of rotatable bonds is 5. The Morgan fingerprint density at radius 1 is 1.44 bits per heavy atom. The van der Waals surface area contributed by atoms with Gasteiger partial charge in [-0.1, -0.05) is 12.8 Å². The SMILES string of the molecule is CO[C@@H]1C[C@@H](CO)N(CC(=O)NC2CCCC2)C1. The molecular formula is C13H24N2O3. The van der Waals surface area contributed by atoms with E-state index in [-0.39, 0.29) is 24.7 Å². The van der Waals surface area contributed by atoms with Gasteiger partial charge in [0.15, 0.2) is 0 Å². The smallest absolute Gasteiger partial charge is 0.234 e. The molecule has 0 radical (unpaired) electrons. The van der Waals surface area contributed by atoms with E-state index in [1.807, 2.05) is 4.90 Å². The molecular weight excluding hydrogens is 232 g/mol. The second-order valence-corrected chi connectivity index (χ2v) is 5.41. The third-order valence-electron chi connectivity index (χ3n) is 4.10. The Morgan fingerprint density at radius 3 is 2.78 bits per heavy atom. The number of hydrogen-bond acceptors (Lipinski definition) is 4. The number of hydrogen-bond donors (Lipinski definition) is 2. The standard InChI is InChI=1S/C13H24N2O3/c1-18-12-6-11(9-16)15(7-12)8-13(17)14-10-4-2-3-5-10/h10-12,16H,2-9H2,1H3,(H,14,17)/t11-,12+/m0/s1. The molecule has 5 nitrogen and oxygen atoms in total. The maximum Gasteiger partial charge on any atom is 0.234 e. The van der Waals surface area contributed by atoms with Crippen LogP contribution in [0.2, 0.25) is 0 Å². The second-order valence-electron chi connectivity index (χ2n) is 5.41. The lowest BCUT2D eigenvalue weighted by atomic mass is 10.2. The summed E-state index contributed by atoms with van der Waals surface area (Å²) in [6.07, 6.45) is 5.61. The molecule has 2 N–H and O–H groups in total. The highest BCUT2D eigenvalue weighted by Gasteiger charge is 2.33. The molecule has 1 heterocycles. The molecule has 1 aliphatic heterocycles. The van der Waals surface area contributed by atoms with Gasteiger partial charge in [0.1, 0.15) is 0 Å². The summed E-state index contributed by atoms with van der Waals surface area (Å²) in [6.45, 7) is 1.21. The molecule has 5 heteroatoms. The predicted molar refractivity (Wildman–Crippen MR) is 68.3 cm³/mol. The number of likely N-dealkylation sites (tertiary alicyclic amines) is 1. The third-order valence-corrected chi connectivity index (χ3v) is 4.10. The van der Waals surface area contributed by atoms with E-state index < -0.39 is 0 Å². The molecule has 0 aromatic carbocycles. The lowest BCUT2D eigenvalue weighted by Crippen LogP contribution is -2.44. The van der Waals surface area contributed by atoms with Crippen LogP contribution in [0.4, 0.5) is 0 Å². The molecule has 0 aromatic heterocycles. The van der Waals surface area contributed by atoms with E-state index in [2.05, 4.69) is 5.32 Å². The quantitative estimate of drug-likeness (QED) is 0.734. The average Bonchev–Trinajstić information content (AvgIpc) is 2.98. The van der Waals surface area contributed by atoms with Crippen LogP contribution in [-0.2, 0) is 9.53 Å². The van der Waals surface area contributed by atoms with Crippen molar-refractivity contribution in [1.82, 2.24) is 10.2 Å². The summed E-state index contributed by atoms with van der Waals surface area (Å²) >= 11 is 0. The highest BCUT2D eigenvalue weighted by Crippen LogP contribution is 2.20.